The minimum atomic E-state index is -0.170. The molecule has 0 bridgehead atoms. The minimum Gasteiger partial charge on any atom is -0.358 e. The maximum atomic E-state index is 11.5. The molecule has 70 valence electrons. The quantitative estimate of drug-likeness (QED) is 0.691. The lowest BCUT2D eigenvalue weighted by atomic mass is 10.3. The molecule has 0 spiro atoms. The predicted molar refractivity (Wildman–Crippen MR) is 49.9 cm³/mol. The molecule has 1 aromatic heterocycles. The van der Waals surface area contributed by atoms with E-state index in [-0.39, 0.29) is 16.8 Å². The molecule has 4 heteroatoms. The average Bonchev–Trinajstić information content (AvgIpc) is 2.62. The van der Waals surface area contributed by atoms with Crippen LogP contribution in [0.5, 0.6) is 0 Å². The molecule has 2 rings (SSSR count). The lowest BCUT2D eigenvalue weighted by molar-refractivity contribution is 0.0538. The summed E-state index contributed by atoms with van der Waals surface area (Å²) in [6.45, 7) is 0.726. The second-order valence-corrected chi connectivity index (χ2v) is 3.44. The molecule has 1 aromatic rings. The van der Waals surface area contributed by atoms with Crippen molar-refractivity contribution in [1.29, 1.82) is 0 Å². The molecule has 0 N–H and O–H groups in total. The van der Waals surface area contributed by atoms with Crippen molar-refractivity contribution in [3.63, 3.8) is 0 Å². The third kappa shape index (κ3) is 1.62. The number of ether oxygens (including phenoxy) is 1. The van der Waals surface area contributed by atoms with Crippen molar-refractivity contribution >= 4 is 11.6 Å². The van der Waals surface area contributed by atoms with Gasteiger partial charge in [-0.3, -0.25) is 9.36 Å². The highest BCUT2D eigenvalue weighted by Gasteiger charge is 2.18. The number of hydrogen-bond donors (Lipinski definition) is 0. The van der Waals surface area contributed by atoms with Crippen LogP contribution in [-0.4, -0.2) is 11.2 Å². The third-order valence-electron chi connectivity index (χ3n) is 2.14. The van der Waals surface area contributed by atoms with Gasteiger partial charge in [-0.1, -0.05) is 11.6 Å². The molecular weight excluding hydrogens is 190 g/mol. The van der Waals surface area contributed by atoms with Gasteiger partial charge in [-0.2, -0.15) is 0 Å². The summed E-state index contributed by atoms with van der Waals surface area (Å²) in [4.78, 5) is 11.5. The summed E-state index contributed by atoms with van der Waals surface area (Å²) in [6.07, 6.45) is 3.49. The highest BCUT2D eigenvalue weighted by Crippen LogP contribution is 2.21. The van der Waals surface area contributed by atoms with Crippen LogP contribution in [0.15, 0.2) is 23.1 Å². The van der Waals surface area contributed by atoms with Gasteiger partial charge < -0.3 is 4.74 Å². The van der Waals surface area contributed by atoms with Crippen molar-refractivity contribution in [2.45, 2.75) is 19.1 Å². The lowest BCUT2D eigenvalue weighted by Crippen LogP contribution is -2.23. The Morgan fingerprint density at radius 2 is 2.46 bits per heavy atom. The number of rotatable bonds is 1. The Kier molecular flexibility index (Phi) is 2.38. The van der Waals surface area contributed by atoms with Crippen molar-refractivity contribution < 1.29 is 4.74 Å². The van der Waals surface area contributed by atoms with Crippen molar-refractivity contribution in [3.8, 4) is 0 Å². The van der Waals surface area contributed by atoms with Crippen molar-refractivity contribution in [2.75, 3.05) is 6.61 Å². The van der Waals surface area contributed by atoms with E-state index in [9.17, 15) is 4.79 Å². The number of halogens is 1. The highest BCUT2D eigenvalue weighted by molar-refractivity contribution is 6.30. The second kappa shape index (κ2) is 3.52. The van der Waals surface area contributed by atoms with Crippen molar-refractivity contribution in [2.24, 2.45) is 0 Å². The fourth-order valence-corrected chi connectivity index (χ4v) is 1.66. The van der Waals surface area contributed by atoms with E-state index in [0.717, 1.165) is 19.4 Å². The normalized spacial score (nSPS) is 22.1. The van der Waals surface area contributed by atoms with E-state index in [0.29, 0.717) is 0 Å². The van der Waals surface area contributed by atoms with Crippen LogP contribution in [0.2, 0.25) is 5.02 Å². The molecule has 3 nitrogen and oxygen atoms in total. The van der Waals surface area contributed by atoms with Crippen LogP contribution in [0.25, 0.3) is 0 Å². The molecule has 1 fully saturated rings. The Bertz CT molecular complexity index is 355. The van der Waals surface area contributed by atoms with Gasteiger partial charge >= 0.3 is 0 Å². The van der Waals surface area contributed by atoms with Gasteiger partial charge in [-0.05, 0) is 25.0 Å². The first kappa shape index (κ1) is 8.78. The summed E-state index contributed by atoms with van der Waals surface area (Å²) in [5.41, 5.74) is -0.170. The molecule has 1 aliphatic rings. The van der Waals surface area contributed by atoms with Crippen LogP contribution < -0.4 is 5.56 Å². The molecule has 13 heavy (non-hydrogen) atoms. The number of hydrogen-bond acceptors (Lipinski definition) is 2. The monoisotopic (exact) mass is 199 g/mol. The third-order valence-corrected chi connectivity index (χ3v) is 2.43. The summed E-state index contributed by atoms with van der Waals surface area (Å²) >= 11 is 5.70. The smallest absolute Gasteiger partial charge is 0.271 e. The Morgan fingerprint density at radius 3 is 3.15 bits per heavy atom. The van der Waals surface area contributed by atoms with Gasteiger partial charge in [0.1, 0.15) is 11.3 Å². The lowest BCUT2D eigenvalue weighted by Gasteiger charge is -2.12. The summed E-state index contributed by atoms with van der Waals surface area (Å²) in [5.74, 6) is 0. The molecule has 0 aliphatic carbocycles. The molecular formula is C9H10ClNO2. The second-order valence-electron chi connectivity index (χ2n) is 3.04. The van der Waals surface area contributed by atoms with E-state index in [1.165, 1.54) is 0 Å². The van der Waals surface area contributed by atoms with Gasteiger partial charge in [-0.25, -0.2) is 0 Å². The average molecular weight is 200 g/mol. The topological polar surface area (TPSA) is 31.2 Å². The molecule has 1 saturated heterocycles. The van der Waals surface area contributed by atoms with E-state index in [1.54, 1.807) is 22.9 Å². The van der Waals surface area contributed by atoms with Crippen LogP contribution in [0, 0.1) is 0 Å². The molecule has 1 atom stereocenters. The molecule has 0 radical (unpaired) electrons. The largest absolute Gasteiger partial charge is 0.358 e. The van der Waals surface area contributed by atoms with Crippen LogP contribution in [0.4, 0.5) is 0 Å². The number of pyridine rings is 1. The zero-order valence-corrected chi connectivity index (χ0v) is 7.83. The van der Waals surface area contributed by atoms with Crippen LogP contribution >= 0.6 is 11.6 Å². The Hall–Kier alpha value is -0.800. The van der Waals surface area contributed by atoms with Gasteiger partial charge in [-0.15, -0.1) is 0 Å². The van der Waals surface area contributed by atoms with Gasteiger partial charge in [0.2, 0.25) is 0 Å². The predicted octanol–water partition coefficient (Wildman–Crippen LogP) is 1.81. The fraction of sp³-hybridized carbons (Fsp3) is 0.444. The Balaban J connectivity index is 2.39. The fourth-order valence-electron chi connectivity index (χ4n) is 1.49. The number of nitrogens with zero attached hydrogens (tertiary/aromatic N) is 1. The van der Waals surface area contributed by atoms with Gasteiger partial charge in [0.25, 0.3) is 5.56 Å². The van der Waals surface area contributed by atoms with Crippen LogP contribution in [-0.2, 0) is 4.74 Å². The SMILES string of the molecule is O=c1c(Cl)cccn1[C@@H]1CCCO1. The van der Waals surface area contributed by atoms with Crippen molar-refractivity contribution in [1.82, 2.24) is 4.57 Å². The summed E-state index contributed by atoms with van der Waals surface area (Å²) in [7, 11) is 0. The van der Waals surface area contributed by atoms with E-state index in [4.69, 9.17) is 16.3 Å². The first-order valence-electron chi connectivity index (χ1n) is 4.27. The van der Waals surface area contributed by atoms with E-state index in [1.807, 2.05) is 0 Å². The number of aromatic nitrogens is 1. The first-order valence-corrected chi connectivity index (χ1v) is 4.65. The standard InChI is InChI=1S/C9H10ClNO2/c10-7-3-1-5-11(9(7)12)8-4-2-6-13-8/h1,3,5,8H,2,4,6H2/t8-/m0/s1. The zero-order chi connectivity index (χ0) is 9.26. The molecule has 0 saturated carbocycles. The van der Waals surface area contributed by atoms with Crippen LogP contribution in [0.3, 0.4) is 0 Å². The van der Waals surface area contributed by atoms with E-state index < -0.39 is 0 Å². The maximum absolute atomic E-state index is 11.5. The summed E-state index contributed by atoms with van der Waals surface area (Å²) in [6, 6.07) is 3.35. The summed E-state index contributed by atoms with van der Waals surface area (Å²) in [5, 5.41) is 0.248. The Morgan fingerprint density at radius 1 is 1.62 bits per heavy atom. The molecule has 0 amide bonds. The van der Waals surface area contributed by atoms with Crippen LogP contribution in [0.1, 0.15) is 19.1 Å². The first-order chi connectivity index (χ1) is 6.29. The zero-order valence-electron chi connectivity index (χ0n) is 7.07. The van der Waals surface area contributed by atoms with Gasteiger partial charge in [0, 0.05) is 12.8 Å². The minimum absolute atomic E-state index is 0.119. The van der Waals surface area contributed by atoms with Crippen molar-refractivity contribution in [3.05, 3.63) is 33.7 Å². The van der Waals surface area contributed by atoms with Gasteiger partial charge in [0.15, 0.2) is 0 Å². The summed E-state index contributed by atoms with van der Waals surface area (Å²) < 4.78 is 6.93. The van der Waals surface area contributed by atoms with Gasteiger partial charge in [0.05, 0.1) is 0 Å². The van der Waals surface area contributed by atoms with E-state index >= 15 is 0 Å². The molecule has 0 aromatic carbocycles. The van der Waals surface area contributed by atoms with E-state index in [2.05, 4.69) is 0 Å². The molecule has 2 heterocycles. The molecule has 0 unspecified atom stereocenters. The molecule has 1 aliphatic heterocycles. The highest BCUT2D eigenvalue weighted by atomic mass is 35.5. The maximum Gasteiger partial charge on any atom is 0.271 e. The Labute approximate surface area is 80.9 Å².